The number of aromatic hydroxyl groups is 2. The maximum Gasteiger partial charge on any atom is 0.330 e. The minimum atomic E-state index is -0.914. The number of hydrogen-bond donors (Lipinski definition) is 2. The van der Waals surface area contributed by atoms with Crippen molar-refractivity contribution in [3.63, 3.8) is 0 Å². The van der Waals surface area contributed by atoms with E-state index in [1.54, 1.807) is 48.5 Å². The number of carbonyl (C=O) groups excluding carboxylic acids is 3. The van der Waals surface area contributed by atoms with Crippen LogP contribution in [0.3, 0.4) is 0 Å². The molecule has 2 rings (SSSR count). The molecule has 0 bridgehead atoms. The van der Waals surface area contributed by atoms with Crippen LogP contribution < -0.4 is 0 Å². The summed E-state index contributed by atoms with van der Waals surface area (Å²) in [6, 6.07) is 17.4. The van der Waals surface area contributed by atoms with Crippen molar-refractivity contribution in [3.8, 4) is 11.5 Å². The van der Waals surface area contributed by atoms with Gasteiger partial charge in [0.2, 0.25) is 0 Å². The number of rotatable bonds is 8. The van der Waals surface area contributed by atoms with Crippen LogP contribution in [0.25, 0.3) is 0 Å². The largest absolute Gasteiger partial charge is 0.508 e. The first kappa shape index (κ1) is 27.7. The molecule has 2 aromatic rings. The number of carbonyl (C=O) groups is 3. The molecule has 0 spiro atoms. The minimum absolute atomic E-state index is 0.255. The van der Waals surface area contributed by atoms with Crippen molar-refractivity contribution in [2.45, 2.75) is 6.10 Å². The molecule has 0 aliphatic rings. The SMILES string of the molecule is C=CC(=O)OCC(COC(=O)C=C)OC(=O)C=C.Oc1ccccc1.Oc1ccccc1. The maximum absolute atomic E-state index is 11.0. The number of phenols is 2. The van der Waals surface area contributed by atoms with Gasteiger partial charge in [-0.05, 0) is 24.3 Å². The third-order valence-corrected chi connectivity index (χ3v) is 3.12. The predicted octanol–water partition coefficient (Wildman–Crippen LogP) is 3.33. The Morgan fingerprint density at radius 3 is 1.28 bits per heavy atom. The fourth-order valence-electron chi connectivity index (χ4n) is 1.65. The lowest BCUT2D eigenvalue weighted by atomic mass is 10.3. The highest BCUT2D eigenvalue weighted by Gasteiger charge is 2.16. The van der Waals surface area contributed by atoms with E-state index in [2.05, 4.69) is 29.2 Å². The third-order valence-electron chi connectivity index (χ3n) is 3.12. The zero-order valence-corrected chi connectivity index (χ0v) is 17.5. The van der Waals surface area contributed by atoms with Crippen molar-refractivity contribution in [3.05, 3.63) is 98.6 Å². The summed E-state index contributed by atoms with van der Waals surface area (Å²) in [5.41, 5.74) is 0. The van der Waals surface area contributed by atoms with Gasteiger partial charge in [0.05, 0.1) is 0 Å². The van der Waals surface area contributed by atoms with E-state index < -0.39 is 24.0 Å². The number of ether oxygens (including phenoxy) is 3. The quantitative estimate of drug-likeness (QED) is 0.363. The molecule has 0 aliphatic heterocycles. The highest BCUT2D eigenvalue weighted by Crippen LogP contribution is 2.03. The Labute approximate surface area is 186 Å². The minimum Gasteiger partial charge on any atom is -0.508 e. The van der Waals surface area contributed by atoms with Crippen LogP contribution in [-0.4, -0.2) is 47.4 Å². The average molecular weight is 442 g/mol. The topological polar surface area (TPSA) is 119 Å². The molecule has 0 saturated carbocycles. The zero-order chi connectivity index (χ0) is 24.2. The average Bonchev–Trinajstić information content (AvgIpc) is 2.81. The van der Waals surface area contributed by atoms with E-state index in [4.69, 9.17) is 14.9 Å². The lowest BCUT2D eigenvalue weighted by molar-refractivity contribution is -0.160. The Bertz CT molecular complexity index is 785. The number of hydrogen-bond acceptors (Lipinski definition) is 8. The molecule has 0 aliphatic carbocycles. The fraction of sp³-hybridized carbons (Fsp3) is 0.125. The highest BCUT2D eigenvalue weighted by atomic mass is 16.6. The van der Waals surface area contributed by atoms with Gasteiger partial charge in [-0.15, -0.1) is 0 Å². The molecule has 0 radical (unpaired) electrons. The molecule has 0 heterocycles. The van der Waals surface area contributed by atoms with Gasteiger partial charge in [0.25, 0.3) is 0 Å². The van der Waals surface area contributed by atoms with E-state index in [0.717, 1.165) is 18.2 Å². The van der Waals surface area contributed by atoms with Crippen LogP contribution in [0.5, 0.6) is 11.5 Å². The lowest BCUT2D eigenvalue weighted by Crippen LogP contribution is -2.29. The standard InChI is InChI=1S/C12H14O6.2C6H6O/c1-4-10(13)16-7-9(18-12(15)6-3)8-17-11(14)5-2;2*7-6-4-2-1-3-5-6/h4-6,9H,1-3,7-8H2;2*1-5,7H. The van der Waals surface area contributed by atoms with Gasteiger partial charge in [-0.2, -0.15) is 0 Å². The van der Waals surface area contributed by atoms with Gasteiger partial charge in [0, 0.05) is 18.2 Å². The second kappa shape index (κ2) is 17.5. The van der Waals surface area contributed by atoms with Crippen LogP contribution in [0.1, 0.15) is 0 Å². The molecule has 8 nitrogen and oxygen atoms in total. The van der Waals surface area contributed by atoms with Crippen LogP contribution in [0, 0.1) is 0 Å². The number of benzene rings is 2. The predicted molar refractivity (Wildman–Crippen MR) is 119 cm³/mol. The van der Waals surface area contributed by atoms with Crippen molar-refractivity contribution in [2.24, 2.45) is 0 Å². The molecule has 0 amide bonds. The highest BCUT2D eigenvalue weighted by molar-refractivity contribution is 5.82. The zero-order valence-electron chi connectivity index (χ0n) is 17.5. The molecule has 0 saturated heterocycles. The monoisotopic (exact) mass is 442 g/mol. The second-order valence-corrected chi connectivity index (χ2v) is 5.60. The van der Waals surface area contributed by atoms with Gasteiger partial charge in [-0.25, -0.2) is 14.4 Å². The molecule has 0 aromatic heterocycles. The van der Waals surface area contributed by atoms with E-state index in [9.17, 15) is 14.4 Å². The molecular formula is C24H26O8. The molecule has 8 heteroatoms. The summed E-state index contributed by atoms with van der Waals surface area (Å²) in [6.45, 7) is 9.12. The van der Waals surface area contributed by atoms with Gasteiger partial charge < -0.3 is 24.4 Å². The van der Waals surface area contributed by atoms with Gasteiger partial charge >= 0.3 is 17.9 Å². The van der Waals surface area contributed by atoms with Crippen molar-refractivity contribution in [1.29, 1.82) is 0 Å². The van der Waals surface area contributed by atoms with Crippen molar-refractivity contribution in [1.82, 2.24) is 0 Å². The second-order valence-electron chi connectivity index (χ2n) is 5.60. The number of esters is 3. The van der Waals surface area contributed by atoms with E-state index in [-0.39, 0.29) is 13.2 Å². The van der Waals surface area contributed by atoms with Gasteiger partial charge in [0.15, 0.2) is 6.10 Å². The van der Waals surface area contributed by atoms with E-state index in [0.29, 0.717) is 11.5 Å². The lowest BCUT2D eigenvalue weighted by Gasteiger charge is -2.16. The summed E-state index contributed by atoms with van der Waals surface area (Å²) in [5, 5.41) is 17.3. The Balaban J connectivity index is 0.000000550. The van der Waals surface area contributed by atoms with Crippen molar-refractivity contribution in [2.75, 3.05) is 13.2 Å². The summed E-state index contributed by atoms with van der Waals surface area (Å²) in [5.74, 6) is -1.43. The van der Waals surface area contributed by atoms with Gasteiger partial charge in [-0.3, -0.25) is 0 Å². The molecule has 32 heavy (non-hydrogen) atoms. The van der Waals surface area contributed by atoms with Crippen LogP contribution >= 0.6 is 0 Å². The molecule has 0 unspecified atom stereocenters. The first-order valence-corrected chi connectivity index (χ1v) is 9.21. The summed E-state index contributed by atoms with van der Waals surface area (Å²) < 4.78 is 14.2. The molecule has 0 fully saturated rings. The Morgan fingerprint density at radius 1 is 0.688 bits per heavy atom. The Hall–Kier alpha value is -4.33. The normalized spacial score (nSPS) is 8.91. The summed E-state index contributed by atoms with van der Waals surface area (Å²) in [4.78, 5) is 32.7. The molecule has 170 valence electrons. The molecular weight excluding hydrogens is 416 g/mol. The smallest absolute Gasteiger partial charge is 0.330 e. The summed E-state index contributed by atoms with van der Waals surface area (Å²) in [7, 11) is 0. The van der Waals surface area contributed by atoms with Crippen LogP contribution in [0.4, 0.5) is 0 Å². The summed E-state index contributed by atoms with van der Waals surface area (Å²) >= 11 is 0. The summed E-state index contributed by atoms with van der Waals surface area (Å²) in [6.07, 6.45) is 1.95. The van der Waals surface area contributed by atoms with Crippen molar-refractivity contribution >= 4 is 17.9 Å². The van der Waals surface area contributed by atoms with Crippen LogP contribution in [-0.2, 0) is 28.6 Å². The van der Waals surface area contributed by atoms with E-state index >= 15 is 0 Å². The maximum atomic E-state index is 11.0. The van der Waals surface area contributed by atoms with E-state index in [1.807, 2.05) is 12.1 Å². The molecule has 0 atom stereocenters. The first-order valence-electron chi connectivity index (χ1n) is 9.21. The molecule has 2 aromatic carbocycles. The van der Waals surface area contributed by atoms with Crippen molar-refractivity contribution < 1.29 is 38.8 Å². The van der Waals surface area contributed by atoms with Crippen LogP contribution in [0.2, 0.25) is 0 Å². The number of phenolic OH excluding ortho intramolecular Hbond substituents is 2. The molecule has 2 N–H and O–H groups in total. The Morgan fingerprint density at radius 2 is 1.03 bits per heavy atom. The van der Waals surface area contributed by atoms with E-state index in [1.165, 1.54) is 0 Å². The van der Waals surface area contributed by atoms with Gasteiger partial charge in [-0.1, -0.05) is 56.1 Å². The third kappa shape index (κ3) is 15.6. The first-order chi connectivity index (χ1) is 15.3. The fourth-order valence-corrected chi connectivity index (χ4v) is 1.65. The Kier molecular flexibility index (Phi) is 15.2. The number of para-hydroxylation sites is 2. The van der Waals surface area contributed by atoms with Crippen LogP contribution in [0.15, 0.2) is 98.6 Å². The van der Waals surface area contributed by atoms with Gasteiger partial charge in [0.1, 0.15) is 24.7 Å².